The van der Waals surface area contributed by atoms with Crippen LogP contribution in [-0.2, 0) is 10.0 Å². The lowest BCUT2D eigenvalue weighted by Gasteiger charge is -2.33. The van der Waals surface area contributed by atoms with Crippen molar-refractivity contribution in [1.29, 1.82) is 0 Å². The van der Waals surface area contributed by atoms with E-state index in [0.717, 1.165) is 59.2 Å². The van der Waals surface area contributed by atoms with Gasteiger partial charge in [0.05, 0.1) is 17.6 Å². The van der Waals surface area contributed by atoms with Crippen LogP contribution in [0.3, 0.4) is 0 Å². The third-order valence-corrected chi connectivity index (χ3v) is 11.5. The molecule has 4 aromatic heterocycles. The second-order valence-corrected chi connectivity index (χ2v) is 15.4. The molecule has 1 saturated carbocycles. The second kappa shape index (κ2) is 12.5. The van der Waals surface area contributed by atoms with Gasteiger partial charge in [0, 0.05) is 82.0 Å². The van der Waals surface area contributed by atoms with Crippen LogP contribution in [0.5, 0.6) is 0 Å². The molecule has 252 valence electrons. The summed E-state index contributed by atoms with van der Waals surface area (Å²) in [5.74, 6) is 0.791. The van der Waals surface area contributed by atoms with E-state index in [2.05, 4.69) is 20.2 Å². The fourth-order valence-electron chi connectivity index (χ4n) is 6.67. The molecule has 7 rings (SSSR count). The van der Waals surface area contributed by atoms with Crippen LogP contribution in [0.4, 0.5) is 23.2 Å². The van der Waals surface area contributed by atoms with Gasteiger partial charge in [-0.2, -0.15) is 9.29 Å². The molecule has 0 bridgehead atoms. The Kier molecular flexibility index (Phi) is 8.37. The zero-order chi connectivity index (χ0) is 33.7. The molecule has 2 N–H and O–H groups in total. The van der Waals surface area contributed by atoms with Gasteiger partial charge < -0.3 is 29.4 Å². The van der Waals surface area contributed by atoms with Crippen LogP contribution >= 0.6 is 11.3 Å². The summed E-state index contributed by atoms with van der Waals surface area (Å²) in [7, 11) is 2.08. The Bertz CT molecular complexity index is 2190. The first-order valence-corrected chi connectivity index (χ1v) is 18.7. The van der Waals surface area contributed by atoms with Gasteiger partial charge in [0.1, 0.15) is 16.0 Å². The number of carbonyl (C=O) groups excluding carboxylic acids is 1. The number of nitrogens with one attached hydrogen (secondary N) is 2. The van der Waals surface area contributed by atoms with Crippen LogP contribution < -0.4 is 21.0 Å². The van der Waals surface area contributed by atoms with Crippen molar-refractivity contribution in [1.82, 2.24) is 23.7 Å². The fraction of sp³-hybridized carbons (Fsp3) is 0.394. The van der Waals surface area contributed by atoms with E-state index >= 15 is 0 Å². The van der Waals surface area contributed by atoms with Crippen molar-refractivity contribution in [3.63, 3.8) is 0 Å². The van der Waals surface area contributed by atoms with Gasteiger partial charge in [0.15, 0.2) is 11.5 Å². The zero-order valence-electron chi connectivity index (χ0n) is 27.3. The summed E-state index contributed by atoms with van der Waals surface area (Å²) >= 11 is 1.34. The fourth-order valence-corrected chi connectivity index (χ4v) is 8.41. The molecule has 2 fully saturated rings. The lowest BCUT2D eigenvalue weighted by Crippen LogP contribution is -2.48. The molecule has 5 heterocycles. The number of amides is 1. The van der Waals surface area contributed by atoms with E-state index in [0.29, 0.717) is 54.0 Å². The maximum absolute atomic E-state index is 13.1. The first kappa shape index (κ1) is 32.1. The van der Waals surface area contributed by atoms with Crippen molar-refractivity contribution in [3.8, 4) is 11.1 Å². The third kappa shape index (κ3) is 5.90. The summed E-state index contributed by atoms with van der Waals surface area (Å²) < 4.78 is 34.3. The van der Waals surface area contributed by atoms with Crippen LogP contribution in [0.25, 0.3) is 32.4 Å². The van der Waals surface area contributed by atoms with E-state index in [-0.39, 0.29) is 17.4 Å². The van der Waals surface area contributed by atoms with Crippen molar-refractivity contribution in [2.24, 2.45) is 0 Å². The number of aromatic nitrogens is 3. The van der Waals surface area contributed by atoms with Crippen LogP contribution in [0.15, 0.2) is 51.1 Å². The number of nitrogens with zero attached hydrogens (tertiary/aromatic N) is 6. The minimum atomic E-state index is -3.28. The largest absolute Gasteiger partial charge is 0.439 e. The first-order valence-electron chi connectivity index (χ1n) is 16.0. The Balaban J connectivity index is 1.19. The summed E-state index contributed by atoms with van der Waals surface area (Å²) in [4.78, 5) is 39.2. The smallest absolute Gasteiger partial charge is 0.270 e. The lowest BCUT2D eigenvalue weighted by atomic mass is 10.1. The van der Waals surface area contributed by atoms with Crippen molar-refractivity contribution in [2.75, 3.05) is 69.1 Å². The molecule has 15 heteroatoms. The number of rotatable bonds is 8. The van der Waals surface area contributed by atoms with Gasteiger partial charge in [0.2, 0.25) is 21.4 Å². The molecule has 13 nitrogen and oxygen atoms in total. The van der Waals surface area contributed by atoms with Crippen molar-refractivity contribution in [3.05, 3.63) is 57.8 Å². The molecule has 1 aliphatic carbocycles. The van der Waals surface area contributed by atoms with Gasteiger partial charge in [0.25, 0.3) is 5.91 Å². The van der Waals surface area contributed by atoms with Gasteiger partial charge in [-0.15, -0.1) is 11.3 Å². The predicted octanol–water partition coefficient (Wildman–Crippen LogP) is 4.95. The number of sulfonamides is 1. The van der Waals surface area contributed by atoms with Crippen LogP contribution in [0, 0.1) is 0 Å². The number of carbonyl (C=O) groups is 1. The summed E-state index contributed by atoms with van der Waals surface area (Å²) in [6.07, 6.45) is 7.23. The highest BCUT2D eigenvalue weighted by molar-refractivity contribution is 7.88. The molecule has 0 radical (unpaired) electrons. The van der Waals surface area contributed by atoms with Gasteiger partial charge in [-0.3, -0.25) is 9.59 Å². The average molecular weight is 691 g/mol. The topological polar surface area (TPSA) is 146 Å². The van der Waals surface area contributed by atoms with Gasteiger partial charge in [-0.1, -0.05) is 18.9 Å². The first-order chi connectivity index (χ1) is 23.0. The lowest BCUT2D eigenvalue weighted by molar-refractivity contribution is 0.0815. The highest BCUT2D eigenvalue weighted by Gasteiger charge is 2.28. The summed E-state index contributed by atoms with van der Waals surface area (Å²) in [6, 6.07) is 9.46. The monoisotopic (exact) mass is 690 g/mol. The minimum absolute atomic E-state index is 0.0547. The number of fused-ring (bicyclic) bond motifs is 2. The molecule has 1 amide bonds. The van der Waals surface area contributed by atoms with E-state index in [1.807, 2.05) is 41.6 Å². The minimum Gasteiger partial charge on any atom is -0.439 e. The SMILES string of the molecule is CNc1cc(-c2csc3c(=O)cc(N4CCN(S(C)(=O)=O)CC4)oc23)ccc1Nc1ncc2cc(C(=O)N(C)C)n(C3CCCC3)c2n1. The average Bonchev–Trinajstić information content (AvgIpc) is 3.83. The highest BCUT2D eigenvalue weighted by atomic mass is 32.2. The van der Waals surface area contributed by atoms with Gasteiger partial charge in [-0.25, -0.2) is 13.4 Å². The van der Waals surface area contributed by atoms with Crippen molar-refractivity contribution >= 4 is 71.8 Å². The van der Waals surface area contributed by atoms with Gasteiger partial charge in [-0.05, 0) is 36.6 Å². The molecule has 0 spiro atoms. The van der Waals surface area contributed by atoms with Gasteiger partial charge >= 0.3 is 0 Å². The molecular weight excluding hydrogens is 653 g/mol. The highest BCUT2D eigenvalue weighted by Crippen LogP contribution is 2.39. The Morgan fingerprint density at radius 3 is 2.50 bits per heavy atom. The molecule has 2 aliphatic rings. The Morgan fingerprint density at radius 1 is 1.06 bits per heavy atom. The second-order valence-electron chi connectivity index (χ2n) is 12.6. The molecular formula is C33H38N8O5S2. The molecule has 0 unspecified atom stereocenters. The molecule has 48 heavy (non-hydrogen) atoms. The van der Waals surface area contributed by atoms with E-state index in [4.69, 9.17) is 9.40 Å². The van der Waals surface area contributed by atoms with Crippen LogP contribution in [0.2, 0.25) is 0 Å². The maximum Gasteiger partial charge on any atom is 0.270 e. The van der Waals surface area contributed by atoms with Crippen molar-refractivity contribution in [2.45, 2.75) is 31.7 Å². The van der Waals surface area contributed by atoms with E-state index < -0.39 is 10.0 Å². The summed E-state index contributed by atoms with van der Waals surface area (Å²) in [5, 5.41) is 9.36. The number of thiophene rings is 1. The number of piperazine rings is 1. The molecule has 1 saturated heterocycles. The van der Waals surface area contributed by atoms with Crippen LogP contribution in [-0.4, -0.2) is 91.6 Å². The number of hydrogen-bond acceptors (Lipinski definition) is 11. The summed E-state index contributed by atoms with van der Waals surface area (Å²) in [5.41, 5.74) is 4.93. The number of hydrogen-bond donors (Lipinski definition) is 2. The molecule has 5 aromatic rings. The zero-order valence-corrected chi connectivity index (χ0v) is 28.9. The maximum atomic E-state index is 13.1. The summed E-state index contributed by atoms with van der Waals surface area (Å²) in [6.45, 7) is 1.51. The Morgan fingerprint density at radius 2 is 1.81 bits per heavy atom. The molecule has 0 atom stereocenters. The quantitative estimate of drug-likeness (QED) is 0.229. The van der Waals surface area contributed by atoms with Crippen molar-refractivity contribution < 1.29 is 17.6 Å². The Hall–Kier alpha value is -4.47. The standard InChI is InChI=1S/C33H38N8O5S2/c1-34-25-15-20(23-19-47-30-27(42)17-28(46-29(23)30)39-11-13-40(14-12-39)48(4,44)45)9-10-24(25)36-33-35-18-21-16-26(32(43)38(2)3)41(31(21)37-33)22-7-5-6-8-22/h9-10,15-19,22,34H,5-8,11-14H2,1-4H3,(H,35,36,37). The molecule has 1 aliphatic heterocycles. The third-order valence-electron chi connectivity index (χ3n) is 9.19. The Labute approximate surface area is 282 Å². The molecule has 1 aromatic carbocycles. The predicted molar refractivity (Wildman–Crippen MR) is 190 cm³/mol. The number of benzene rings is 1. The van der Waals surface area contributed by atoms with E-state index in [1.54, 1.807) is 25.2 Å². The van der Waals surface area contributed by atoms with E-state index in [1.165, 1.54) is 28.0 Å². The normalized spacial score (nSPS) is 16.2. The number of anilines is 4. The van der Waals surface area contributed by atoms with Crippen LogP contribution in [0.1, 0.15) is 42.2 Å². The van der Waals surface area contributed by atoms with E-state index in [9.17, 15) is 18.0 Å².